The van der Waals surface area contributed by atoms with Crippen molar-refractivity contribution in [2.24, 2.45) is 11.3 Å². The molecule has 3 heteroatoms. The summed E-state index contributed by atoms with van der Waals surface area (Å²) in [4.78, 5) is 22.2. The lowest BCUT2D eigenvalue weighted by molar-refractivity contribution is -0.108. The maximum atomic E-state index is 11.4. The quantitative estimate of drug-likeness (QED) is 0.588. The molecule has 0 aromatic heterocycles. The summed E-state index contributed by atoms with van der Waals surface area (Å²) in [5.41, 5.74) is 1.91. The third kappa shape index (κ3) is 5.55. The average Bonchev–Trinajstić information content (AvgIpc) is 2.37. The Labute approximate surface area is 121 Å². The molecule has 0 fully saturated rings. The van der Waals surface area contributed by atoms with Gasteiger partial charge in [0, 0.05) is 6.42 Å². The standard InChI is InChI=1S/C17H24O3/c1-17(2,3)12-14(9-10-18)11-13-5-7-15(8-6-13)16(19)20-4/h5-8,10,14H,9,11-12H2,1-4H3. The minimum absolute atomic E-state index is 0.208. The number of methoxy groups -OCH3 is 1. The van der Waals surface area contributed by atoms with Gasteiger partial charge in [-0.15, -0.1) is 0 Å². The Morgan fingerprint density at radius 1 is 1.25 bits per heavy atom. The van der Waals surface area contributed by atoms with Crippen LogP contribution in [0.3, 0.4) is 0 Å². The molecule has 0 aliphatic carbocycles. The highest BCUT2D eigenvalue weighted by Gasteiger charge is 2.19. The van der Waals surface area contributed by atoms with Crippen LogP contribution in [0.1, 0.15) is 49.5 Å². The number of aldehydes is 1. The molecular weight excluding hydrogens is 252 g/mol. The zero-order chi connectivity index (χ0) is 15.2. The second-order valence-corrected chi connectivity index (χ2v) is 6.43. The van der Waals surface area contributed by atoms with Crippen molar-refractivity contribution in [3.63, 3.8) is 0 Å². The Morgan fingerprint density at radius 3 is 2.30 bits per heavy atom. The number of ether oxygens (including phenoxy) is 1. The molecule has 110 valence electrons. The fraction of sp³-hybridized carbons (Fsp3) is 0.529. The maximum Gasteiger partial charge on any atom is 0.337 e. The highest BCUT2D eigenvalue weighted by molar-refractivity contribution is 5.89. The van der Waals surface area contributed by atoms with Crippen LogP contribution in [0.25, 0.3) is 0 Å². The van der Waals surface area contributed by atoms with Crippen LogP contribution in [0.4, 0.5) is 0 Å². The van der Waals surface area contributed by atoms with E-state index in [9.17, 15) is 9.59 Å². The van der Waals surface area contributed by atoms with Gasteiger partial charge < -0.3 is 9.53 Å². The first-order chi connectivity index (χ1) is 9.35. The van der Waals surface area contributed by atoms with Crippen molar-refractivity contribution in [2.75, 3.05) is 7.11 Å². The van der Waals surface area contributed by atoms with Crippen LogP contribution in [-0.4, -0.2) is 19.4 Å². The van der Waals surface area contributed by atoms with E-state index in [1.165, 1.54) is 7.11 Å². The van der Waals surface area contributed by atoms with Gasteiger partial charge in [-0.05, 0) is 41.9 Å². The summed E-state index contributed by atoms with van der Waals surface area (Å²) in [5, 5.41) is 0. The number of rotatable bonds is 6. The van der Waals surface area contributed by atoms with Gasteiger partial charge in [-0.25, -0.2) is 4.79 Å². The van der Waals surface area contributed by atoms with E-state index in [0.29, 0.717) is 17.9 Å². The average molecular weight is 276 g/mol. The molecule has 0 amide bonds. The number of hydrogen-bond acceptors (Lipinski definition) is 3. The Morgan fingerprint density at radius 2 is 1.85 bits per heavy atom. The van der Waals surface area contributed by atoms with Crippen LogP contribution in [-0.2, 0) is 16.0 Å². The Bertz CT molecular complexity index is 440. The molecule has 0 saturated carbocycles. The third-order valence-electron chi connectivity index (χ3n) is 3.23. The first-order valence-corrected chi connectivity index (χ1v) is 6.96. The summed E-state index contributed by atoms with van der Waals surface area (Å²) < 4.78 is 4.68. The van der Waals surface area contributed by atoms with Crippen molar-refractivity contribution >= 4 is 12.3 Å². The Kier molecular flexibility index (Phi) is 5.93. The monoisotopic (exact) mass is 276 g/mol. The molecule has 1 rings (SSSR count). The molecule has 1 aromatic rings. The second kappa shape index (κ2) is 7.22. The molecule has 0 spiro atoms. The minimum Gasteiger partial charge on any atom is -0.465 e. The van der Waals surface area contributed by atoms with E-state index in [0.717, 1.165) is 24.7 Å². The van der Waals surface area contributed by atoms with Crippen molar-refractivity contribution < 1.29 is 14.3 Å². The predicted molar refractivity (Wildman–Crippen MR) is 79.7 cm³/mol. The zero-order valence-electron chi connectivity index (χ0n) is 12.8. The van der Waals surface area contributed by atoms with E-state index in [1.807, 2.05) is 12.1 Å². The molecule has 0 radical (unpaired) electrons. The fourth-order valence-electron chi connectivity index (χ4n) is 2.47. The highest BCUT2D eigenvalue weighted by Crippen LogP contribution is 2.28. The number of benzene rings is 1. The van der Waals surface area contributed by atoms with E-state index in [2.05, 4.69) is 25.5 Å². The largest absolute Gasteiger partial charge is 0.465 e. The summed E-state index contributed by atoms with van der Waals surface area (Å²) in [5.74, 6) is 0.0205. The summed E-state index contributed by atoms with van der Waals surface area (Å²) in [6, 6.07) is 7.42. The third-order valence-corrected chi connectivity index (χ3v) is 3.23. The molecule has 0 heterocycles. The van der Waals surface area contributed by atoms with E-state index >= 15 is 0 Å². The molecule has 20 heavy (non-hydrogen) atoms. The molecule has 0 saturated heterocycles. The number of hydrogen-bond donors (Lipinski definition) is 0. The topological polar surface area (TPSA) is 43.4 Å². The van der Waals surface area contributed by atoms with Gasteiger partial charge in [0.15, 0.2) is 0 Å². The van der Waals surface area contributed by atoms with E-state index in [4.69, 9.17) is 0 Å². The summed E-state index contributed by atoms with van der Waals surface area (Å²) in [7, 11) is 1.37. The fourth-order valence-corrected chi connectivity index (χ4v) is 2.47. The van der Waals surface area contributed by atoms with E-state index < -0.39 is 0 Å². The molecule has 3 nitrogen and oxygen atoms in total. The smallest absolute Gasteiger partial charge is 0.337 e. The van der Waals surface area contributed by atoms with Gasteiger partial charge in [-0.3, -0.25) is 0 Å². The summed E-state index contributed by atoms with van der Waals surface area (Å²) in [6.45, 7) is 6.56. The number of carbonyl (C=O) groups is 2. The van der Waals surface area contributed by atoms with Gasteiger partial charge in [-0.1, -0.05) is 32.9 Å². The maximum absolute atomic E-state index is 11.4. The highest BCUT2D eigenvalue weighted by atomic mass is 16.5. The Balaban J connectivity index is 2.73. The molecule has 0 N–H and O–H groups in total. The van der Waals surface area contributed by atoms with Crippen molar-refractivity contribution in [1.29, 1.82) is 0 Å². The van der Waals surface area contributed by atoms with Crippen molar-refractivity contribution in [1.82, 2.24) is 0 Å². The minimum atomic E-state index is -0.323. The van der Waals surface area contributed by atoms with Gasteiger partial charge in [0.2, 0.25) is 0 Å². The molecule has 1 unspecified atom stereocenters. The molecular formula is C17H24O3. The molecule has 0 aliphatic rings. The Hall–Kier alpha value is -1.64. The van der Waals surface area contributed by atoms with Gasteiger partial charge in [-0.2, -0.15) is 0 Å². The van der Waals surface area contributed by atoms with Gasteiger partial charge in [0.25, 0.3) is 0 Å². The molecule has 0 bridgehead atoms. The van der Waals surface area contributed by atoms with Crippen LogP contribution in [0.15, 0.2) is 24.3 Å². The van der Waals surface area contributed by atoms with Gasteiger partial charge >= 0.3 is 5.97 Å². The molecule has 1 aromatic carbocycles. The second-order valence-electron chi connectivity index (χ2n) is 6.43. The van der Waals surface area contributed by atoms with Crippen LogP contribution in [0, 0.1) is 11.3 Å². The van der Waals surface area contributed by atoms with Crippen molar-refractivity contribution in [3.05, 3.63) is 35.4 Å². The lowest BCUT2D eigenvalue weighted by Crippen LogP contribution is -2.16. The van der Waals surface area contributed by atoms with Gasteiger partial charge in [0.1, 0.15) is 6.29 Å². The van der Waals surface area contributed by atoms with Crippen LogP contribution < -0.4 is 0 Å². The van der Waals surface area contributed by atoms with Crippen LogP contribution in [0.5, 0.6) is 0 Å². The summed E-state index contributed by atoms with van der Waals surface area (Å²) in [6.07, 6.45) is 3.44. The van der Waals surface area contributed by atoms with Crippen molar-refractivity contribution in [3.8, 4) is 0 Å². The number of carbonyl (C=O) groups excluding carboxylic acids is 2. The van der Waals surface area contributed by atoms with E-state index in [-0.39, 0.29) is 11.4 Å². The zero-order valence-corrected chi connectivity index (χ0v) is 12.8. The SMILES string of the molecule is COC(=O)c1ccc(CC(CC=O)CC(C)(C)C)cc1. The molecule has 0 aliphatic heterocycles. The predicted octanol–water partition coefficient (Wildman–Crippen LogP) is 3.66. The number of esters is 1. The normalized spacial score (nSPS) is 12.8. The summed E-state index contributed by atoms with van der Waals surface area (Å²) >= 11 is 0. The first kappa shape index (κ1) is 16.4. The lowest BCUT2D eigenvalue weighted by Gasteiger charge is -2.24. The van der Waals surface area contributed by atoms with E-state index in [1.54, 1.807) is 12.1 Å². The van der Waals surface area contributed by atoms with Crippen molar-refractivity contribution in [2.45, 2.75) is 40.0 Å². The molecule has 1 atom stereocenters. The first-order valence-electron chi connectivity index (χ1n) is 6.96. The van der Waals surface area contributed by atoms with Crippen LogP contribution in [0.2, 0.25) is 0 Å². The lowest BCUT2D eigenvalue weighted by atomic mass is 9.80. The van der Waals surface area contributed by atoms with Gasteiger partial charge in [0.05, 0.1) is 12.7 Å². The van der Waals surface area contributed by atoms with Crippen LogP contribution >= 0.6 is 0 Å².